The molecule has 26 heavy (non-hydrogen) atoms. The summed E-state index contributed by atoms with van der Waals surface area (Å²) in [6.45, 7) is 4.98. The molecule has 3 rings (SSSR count). The second-order valence-electron chi connectivity index (χ2n) is 6.45. The number of nitrogens with one attached hydrogen (secondary N) is 1. The van der Waals surface area contributed by atoms with E-state index in [4.69, 9.17) is 4.74 Å². The van der Waals surface area contributed by atoms with Crippen LogP contribution < -0.4 is 16.1 Å². The summed E-state index contributed by atoms with van der Waals surface area (Å²) in [6.07, 6.45) is 2.75. The van der Waals surface area contributed by atoms with E-state index in [0.717, 1.165) is 23.0 Å². The molecule has 1 fully saturated rings. The number of amides is 1. The van der Waals surface area contributed by atoms with E-state index in [1.165, 1.54) is 11.1 Å². The van der Waals surface area contributed by atoms with Gasteiger partial charge in [-0.2, -0.15) is 0 Å². The normalized spacial score (nSPS) is 16.6. The second-order valence-corrected chi connectivity index (χ2v) is 6.45. The topological polar surface area (TPSA) is 84.4 Å². The number of aromatic amines is 1. The summed E-state index contributed by atoms with van der Waals surface area (Å²) >= 11 is 0. The molecule has 7 nitrogen and oxygen atoms in total. The van der Waals surface area contributed by atoms with Gasteiger partial charge in [-0.25, -0.2) is 4.79 Å². The Morgan fingerprint density at radius 2 is 2.19 bits per heavy atom. The highest BCUT2D eigenvalue weighted by molar-refractivity contribution is 6.05. The van der Waals surface area contributed by atoms with Crippen LogP contribution in [0.3, 0.4) is 0 Å². The van der Waals surface area contributed by atoms with E-state index >= 15 is 0 Å². The highest BCUT2D eigenvalue weighted by Gasteiger charge is 2.23. The van der Waals surface area contributed by atoms with E-state index in [2.05, 4.69) is 4.98 Å². The monoisotopic (exact) mass is 357 g/mol. The summed E-state index contributed by atoms with van der Waals surface area (Å²) in [5, 5.41) is 0. The molecular weight excluding hydrogens is 334 g/mol. The fourth-order valence-electron chi connectivity index (χ4n) is 3.21. The predicted molar refractivity (Wildman–Crippen MR) is 98.8 cm³/mol. The number of aryl methyl sites for hydroxylation is 1. The number of benzene rings is 1. The molecule has 0 spiro atoms. The molecule has 1 atom stereocenters. The number of carbonyl (C=O) groups excluding carboxylic acids is 1. The second kappa shape index (κ2) is 7.70. The third-order valence-corrected chi connectivity index (χ3v) is 4.58. The lowest BCUT2D eigenvalue weighted by atomic mass is 10.2. The van der Waals surface area contributed by atoms with E-state index in [1.807, 2.05) is 38.1 Å². The van der Waals surface area contributed by atoms with Crippen molar-refractivity contribution in [1.29, 1.82) is 0 Å². The van der Waals surface area contributed by atoms with Crippen LogP contribution >= 0.6 is 0 Å². The molecule has 1 saturated heterocycles. The lowest BCUT2D eigenvalue weighted by molar-refractivity contribution is 0.0935. The number of hydrogen-bond acceptors (Lipinski definition) is 4. The summed E-state index contributed by atoms with van der Waals surface area (Å²) < 4.78 is 6.57. The molecule has 1 unspecified atom stereocenters. The molecule has 1 amide bonds. The van der Waals surface area contributed by atoms with E-state index in [0.29, 0.717) is 18.8 Å². The molecule has 0 saturated carbocycles. The van der Waals surface area contributed by atoms with Crippen LogP contribution in [-0.2, 0) is 11.3 Å². The molecule has 2 heterocycles. The molecule has 0 radical (unpaired) electrons. The number of rotatable bonds is 5. The number of nitrogens with zero attached hydrogens (tertiary/aromatic N) is 2. The average Bonchev–Trinajstić information content (AvgIpc) is 3.12. The molecule has 0 aliphatic carbocycles. The Morgan fingerprint density at radius 1 is 1.38 bits per heavy atom. The smallest absolute Gasteiger partial charge is 0.328 e. The van der Waals surface area contributed by atoms with Gasteiger partial charge in [-0.05, 0) is 44.4 Å². The van der Waals surface area contributed by atoms with Crippen molar-refractivity contribution in [3.63, 3.8) is 0 Å². The minimum absolute atomic E-state index is 0.0500. The lowest BCUT2D eigenvalue weighted by Crippen LogP contribution is -2.43. The van der Waals surface area contributed by atoms with Gasteiger partial charge in [0.05, 0.1) is 12.6 Å². The summed E-state index contributed by atoms with van der Waals surface area (Å²) in [6, 6.07) is 7.52. The molecular formula is C19H23N3O4. The van der Waals surface area contributed by atoms with Crippen LogP contribution in [0, 0.1) is 6.92 Å². The predicted octanol–water partition coefficient (Wildman–Crippen LogP) is 1.69. The van der Waals surface area contributed by atoms with Gasteiger partial charge in [0, 0.05) is 25.0 Å². The van der Waals surface area contributed by atoms with Crippen molar-refractivity contribution < 1.29 is 9.53 Å². The van der Waals surface area contributed by atoms with Gasteiger partial charge in [-0.1, -0.05) is 12.1 Å². The molecule has 1 aliphatic heterocycles. The number of anilines is 1. The fourth-order valence-corrected chi connectivity index (χ4v) is 3.21. The van der Waals surface area contributed by atoms with Crippen molar-refractivity contribution in [1.82, 2.24) is 9.55 Å². The van der Waals surface area contributed by atoms with E-state index in [1.54, 1.807) is 0 Å². The quantitative estimate of drug-likeness (QED) is 0.882. The number of hydrogen-bond donors (Lipinski definition) is 1. The van der Waals surface area contributed by atoms with Crippen molar-refractivity contribution >= 4 is 11.6 Å². The maximum absolute atomic E-state index is 13.0. The summed E-state index contributed by atoms with van der Waals surface area (Å²) in [4.78, 5) is 41.9. The Hall–Kier alpha value is -2.67. The molecule has 1 N–H and O–H groups in total. The highest BCUT2D eigenvalue weighted by atomic mass is 16.5. The zero-order valence-corrected chi connectivity index (χ0v) is 15.0. The SMILES string of the molecule is CCN(C(=O)c1c[nH]c(=O)n(CC2CCCO2)c1=O)c1cccc(C)c1. The van der Waals surface area contributed by atoms with Crippen LogP contribution in [0.25, 0.3) is 0 Å². The van der Waals surface area contributed by atoms with Gasteiger partial charge < -0.3 is 14.6 Å². The fraction of sp³-hybridized carbons (Fsp3) is 0.421. The Labute approximate surface area is 151 Å². The van der Waals surface area contributed by atoms with Gasteiger partial charge in [-0.15, -0.1) is 0 Å². The largest absolute Gasteiger partial charge is 0.376 e. The molecule has 138 valence electrons. The van der Waals surface area contributed by atoms with Gasteiger partial charge in [0.2, 0.25) is 0 Å². The van der Waals surface area contributed by atoms with Gasteiger partial charge >= 0.3 is 5.69 Å². The Balaban J connectivity index is 1.96. The minimum atomic E-state index is -0.583. The van der Waals surface area contributed by atoms with Crippen molar-refractivity contribution in [2.75, 3.05) is 18.1 Å². The average molecular weight is 357 g/mol. The molecule has 2 aromatic rings. The van der Waals surface area contributed by atoms with Gasteiger partial charge in [0.25, 0.3) is 11.5 Å². The standard InChI is InChI=1S/C19H23N3O4/c1-3-21(14-7-4-6-13(2)10-14)17(23)16-11-20-19(25)22(18(16)24)12-15-8-5-9-26-15/h4,6-7,10-11,15H,3,5,8-9,12H2,1-2H3,(H,20,25). The van der Waals surface area contributed by atoms with Crippen LogP contribution in [0.1, 0.15) is 35.7 Å². The van der Waals surface area contributed by atoms with E-state index < -0.39 is 17.2 Å². The van der Waals surface area contributed by atoms with Crippen LogP contribution in [0.4, 0.5) is 5.69 Å². The van der Waals surface area contributed by atoms with Gasteiger partial charge in [0.15, 0.2) is 0 Å². The van der Waals surface area contributed by atoms with Crippen molar-refractivity contribution in [2.45, 2.75) is 39.3 Å². The lowest BCUT2D eigenvalue weighted by Gasteiger charge is -2.21. The third-order valence-electron chi connectivity index (χ3n) is 4.58. The van der Waals surface area contributed by atoms with E-state index in [-0.39, 0.29) is 18.2 Å². The molecule has 0 bridgehead atoms. The van der Waals surface area contributed by atoms with Gasteiger partial charge in [-0.3, -0.25) is 14.2 Å². The number of aromatic nitrogens is 2. The Morgan fingerprint density at radius 3 is 2.85 bits per heavy atom. The van der Waals surface area contributed by atoms with Crippen molar-refractivity contribution in [3.8, 4) is 0 Å². The van der Waals surface area contributed by atoms with Crippen LogP contribution in [0.5, 0.6) is 0 Å². The number of H-pyrrole nitrogens is 1. The van der Waals surface area contributed by atoms with Crippen molar-refractivity contribution in [2.24, 2.45) is 0 Å². The summed E-state index contributed by atoms with van der Waals surface area (Å²) in [5.41, 5.74) is 0.576. The minimum Gasteiger partial charge on any atom is -0.376 e. The van der Waals surface area contributed by atoms with Crippen LogP contribution in [-0.4, -0.2) is 34.7 Å². The first-order chi connectivity index (χ1) is 12.5. The molecule has 1 aromatic heterocycles. The third kappa shape index (κ3) is 3.62. The summed E-state index contributed by atoms with van der Waals surface area (Å²) in [5.74, 6) is -0.430. The molecule has 7 heteroatoms. The summed E-state index contributed by atoms with van der Waals surface area (Å²) in [7, 11) is 0. The maximum Gasteiger partial charge on any atom is 0.328 e. The first kappa shape index (κ1) is 18.1. The molecule has 1 aliphatic rings. The number of carbonyl (C=O) groups is 1. The maximum atomic E-state index is 13.0. The Bertz CT molecular complexity index is 909. The number of ether oxygens (including phenoxy) is 1. The van der Waals surface area contributed by atoms with Crippen LogP contribution in [0.2, 0.25) is 0 Å². The van der Waals surface area contributed by atoms with Gasteiger partial charge in [0.1, 0.15) is 5.56 Å². The van der Waals surface area contributed by atoms with Crippen molar-refractivity contribution in [3.05, 3.63) is 62.4 Å². The highest BCUT2D eigenvalue weighted by Crippen LogP contribution is 2.17. The van der Waals surface area contributed by atoms with Crippen LogP contribution in [0.15, 0.2) is 40.1 Å². The first-order valence-electron chi connectivity index (χ1n) is 8.84. The zero-order chi connectivity index (χ0) is 18.7. The van der Waals surface area contributed by atoms with E-state index in [9.17, 15) is 14.4 Å². The Kier molecular flexibility index (Phi) is 5.37. The molecule has 1 aromatic carbocycles. The zero-order valence-electron chi connectivity index (χ0n) is 15.0. The first-order valence-corrected chi connectivity index (χ1v) is 8.84.